The van der Waals surface area contributed by atoms with E-state index in [-0.39, 0.29) is 0 Å². The molecule has 0 radical (unpaired) electrons. The SMILES string of the molecule is CC1C2CC1CN(C)C2.CC1C2CCC1CN(C)C2.CC1CC2(C1)CN(C)C2.CC1CC2(CCN(C)C2)C1.CC1CC2CC(C1)N(C)C2.CC1CC2CCC(C1)N2C.CC1CC2CCC1CN2C.CC1CC2CCCC(C1)N2C.CC1CC2CN(C)CC2C1.CC1CC2COCC(C1)N2C.CC1CCC2(C1)CN(C)C2. The Hall–Kier alpha value is -0.480. The van der Waals surface area contributed by atoms with Crippen LogP contribution in [0.2, 0.25) is 0 Å². The van der Waals surface area contributed by atoms with Crippen LogP contribution in [0.3, 0.4) is 0 Å². The van der Waals surface area contributed by atoms with Gasteiger partial charge in [-0.25, -0.2) is 0 Å². The molecule has 16 saturated heterocycles. The molecular formula is C98H185N11O. The smallest absolute Gasteiger partial charge is 0.0622 e. The number of hydrogen-bond donors (Lipinski definition) is 0. The number of hydrogen-bond acceptors (Lipinski definition) is 12. The Kier molecular flexibility index (Phi) is 31.8. The van der Waals surface area contributed by atoms with Gasteiger partial charge in [0.05, 0.1) is 13.2 Å². The second kappa shape index (κ2) is 39.4. The standard InChI is InChI=1S/C10H19N.C9H17NO.7C9H17N.2C8H15N/c1-8-6-9-4-3-5-10(7-8)11(9)2;1-7-3-8-5-11-6-9(4-7)10(8)2;1-7-3-8-5-10(2)6-9(8)4-7;1-7-3-8-5-9(4-7)10(2)6-8;1-8-5-9(6-8)3-4-10(2)7-9;1-8-3-4-9(5-8)6-10(2)7-9;1-7-8-3-4-9(7)6-10(2)5-8;1-7-5-9-4-3-8(7)6-10(9)2;1-7-5-8-3-4-9(6-7)10(8)2;1-7-3-8(4-7)5-9(2)6-8;1-6-7-3-8(6)5-9(2)4-7/h8-10H,3-7H2,1-2H3;7-9H,3-6H2,1-2H3;2*7-9H,3-6H2,1-2H3;2*8H,3-7H2,1-2H3;3*7-9H,3-6H2,1-2H3;7H,3-6H2,1-2H3;6-8H,3-5H2,1-2H3. The summed E-state index contributed by atoms with van der Waals surface area (Å²) in [5.41, 5.74) is 2.39. The van der Waals surface area contributed by atoms with Crippen molar-refractivity contribution in [3.63, 3.8) is 0 Å². The fourth-order valence-corrected chi connectivity index (χ4v) is 29.8. The van der Waals surface area contributed by atoms with E-state index in [0.717, 1.165) is 178 Å². The van der Waals surface area contributed by atoms with Crippen molar-refractivity contribution in [3.8, 4) is 0 Å². The van der Waals surface area contributed by atoms with Gasteiger partial charge in [-0.05, 0) is 393 Å². The lowest BCUT2D eigenvalue weighted by molar-refractivity contribution is -0.0758. The molecule has 24 aliphatic rings. The first kappa shape index (κ1) is 88.8. The van der Waals surface area contributed by atoms with E-state index in [9.17, 15) is 0 Å². The highest BCUT2D eigenvalue weighted by molar-refractivity contribution is 5.04. The van der Waals surface area contributed by atoms with Crippen LogP contribution in [0.15, 0.2) is 0 Å². The number of piperidine rings is 9. The molecule has 8 aliphatic carbocycles. The highest BCUT2D eigenvalue weighted by Crippen LogP contribution is 2.53. The Balaban J connectivity index is 0.000000113. The maximum absolute atomic E-state index is 5.51. The van der Waals surface area contributed by atoms with Gasteiger partial charge in [0.25, 0.3) is 0 Å². The molecule has 110 heavy (non-hydrogen) atoms. The van der Waals surface area contributed by atoms with Gasteiger partial charge in [0.1, 0.15) is 0 Å². The van der Waals surface area contributed by atoms with E-state index in [0.29, 0.717) is 12.1 Å². The molecule has 14 bridgehead atoms. The first-order valence-corrected chi connectivity index (χ1v) is 48.5. The third-order valence-corrected chi connectivity index (χ3v) is 35.6. The number of rotatable bonds is 0. The summed E-state index contributed by atoms with van der Waals surface area (Å²) < 4.78 is 5.51. The van der Waals surface area contributed by atoms with Crippen LogP contribution in [0.25, 0.3) is 0 Å². The van der Waals surface area contributed by atoms with Crippen LogP contribution in [-0.2, 0) is 4.74 Å². The summed E-state index contributed by atoms with van der Waals surface area (Å²) in [6.45, 7) is 47.4. The molecule has 0 N–H and O–H groups in total. The Labute approximate surface area is 683 Å². The van der Waals surface area contributed by atoms with E-state index in [1.165, 1.54) is 284 Å². The average molecular weight is 1530 g/mol. The number of morpholine rings is 1. The first-order valence-electron chi connectivity index (χ1n) is 48.5. The molecule has 16 aliphatic heterocycles. The van der Waals surface area contributed by atoms with Gasteiger partial charge in [-0.1, -0.05) is 89.0 Å². The normalized spacial score (nSPS) is 44.9. The fraction of sp³-hybridized carbons (Fsp3) is 1.00. The van der Waals surface area contributed by atoms with Crippen molar-refractivity contribution in [2.45, 2.75) is 317 Å². The Morgan fingerprint density at radius 3 is 1.05 bits per heavy atom. The van der Waals surface area contributed by atoms with E-state index < -0.39 is 0 Å². The highest BCUT2D eigenvalue weighted by atomic mass is 16.5. The zero-order valence-electron chi connectivity index (χ0n) is 76.9. The van der Waals surface area contributed by atoms with Gasteiger partial charge in [0.15, 0.2) is 0 Å². The summed E-state index contributed by atoms with van der Waals surface area (Å²) in [7, 11) is 24.9. The molecule has 12 heteroatoms. The molecule has 24 rings (SSSR count). The summed E-state index contributed by atoms with van der Waals surface area (Å²) in [5, 5.41) is 0. The lowest BCUT2D eigenvalue weighted by Crippen LogP contribution is -2.60. The minimum Gasteiger partial charge on any atom is -0.378 e. The summed E-state index contributed by atoms with van der Waals surface area (Å²) in [6.07, 6.45) is 44.1. The van der Waals surface area contributed by atoms with Crippen LogP contribution in [0.4, 0.5) is 0 Å². The van der Waals surface area contributed by atoms with Crippen molar-refractivity contribution in [2.24, 2.45) is 129 Å². The predicted molar refractivity (Wildman–Crippen MR) is 469 cm³/mol. The molecule has 0 amide bonds. The van der Waals surface area contributed by atoms with E-state index in [1.807, 2.05) is 0 Å². The van der Waals surface area contributed by atoms with Gasteiger partial charge in [0.2, 0.25) is 0 Å². The summed E-state index contributed by atoms with van der Waals surface area (Å²) in [5.74, 6) is 19.4. The molecule has 16 heterocycles. The number of likely N-dealkylation sites (tertiary alicyclic amines) is 6. The molecule has 3 spiro atoms. The average Bonchev–Trinajstić information content (AvgIpc) is 1.28. The van der Waals surface area contributed by atoms with Gasteiger partial charge >= 0.3 is 0 Å². The molecule has 638 valence electrons. The molecule has 24 fully saturated rings. The first-order chi connectivity index (χ1) is 52.2. The third-order valence-electron chi connectivity index (χ3n) is 35.6. The lowest BCUT2D eigenvalue weighted by atomic mass is 9.58. The number of likely N-dealkylation sites (N-methyl/N-ethyl adjacent to an activating group) is 1. The molecule has 0 aromatic heterocycles. The van der Waals surface area contributed by atoms with Crippen molar-refractivity contribution >= 4 is 0 Å². The third kappa shape index (κ3) is 23.4. The number of nitrogens with zero attached hydrogens (tertiary/aromatic N) is 11. The molecular weight excluding hydrogens is 1350 g/mol. The molecule has 19 unspecified atom stereocenters. The molecule has 0 aromatic carbocycles. The van der Waals surface area contributed by atoms with Gasteiger partial charge in [0, 0.05) is 133 Å². The molecule has 8 saturated carbocycles. The topological polar surface area (TPSA) is 44.9 Å². The molecule has 19 atom stereocenters. The van der Waals surface area contributed by atoms with Crippen molar-refractivity contribution in [2.75, 3.05) is 182 Å². The molecule has 12 nitrogen and oxygen atoms in total. The maximum atomic E-state index is 5.51. The summed E-state index contributed by atoms with van der Waals surface area (Å²) >= 11 is 0. The van der Waals surface area contributed by atoms with Crippen molar-refractivity contribution < 1.29 is 4.74 Å². The van der Waals surface area contributed by atoms with Crippen LogP contribution >= 0.6 is 0 Å². The zero-order valence-corrected chi connectivity index (χ0v) is 76.9. The van der Waals surface area contributed by atoms with Gasteiger partial charge in [-0.3, -0.25) is 4.90 Å². The highest BCUT2D eigenvalue weighted by Gasteiger charge is 2.51. The van der Waals surface area contributed by atoms with E-state index >= 15 is 0 Å². The van der Waals surface area contributed by atoms with E-state index in [1.54, 1.807) is 0 Å². The van der Waals surface area contributed by atoms with Crippen LogP contribution in [-0.4, -0.2) is 285 Å². The van der Waals surface area contributed by atoms with Gasteiger partial charge in [-0.15, -0.1) is 0 Å². The minimum absolute atomic E-state index is 0.706. The van der Waals surface area contributed by atoms with Crippen LogP contribution in [0.5, 0.6) is 0 Å². The maximum Gasteiger partial charge on any atom is 0.0622 e. The van der Waals surface area contributed by atoms with Crippen LogP contribution in [0.1, 0.15) is 269 Å². The summed E-state index contributed by atoms with van der Waals surface area (Å²) in [4.78, 5) is 27.6. The quantitative estimate of drug-likeness (QED) is 0.232. The Morgan fingerprint density at radius 1 is 0.255 bits per heavy atom. The van der Waals surface area contributed by atoms with E-state index in [2.05, 4.69) is 208 Å². The predicted octanol–water partition coefficient (Wildman–Crippen LogP) is 18.0. The zero-order chi connectivity index (χ0) is 78.7. The second-order valence-corrected chi connectivity index (χ2v) is 46.6. The van der Waals surface area contributed by atoms with E-state index in [4.69, 9.17) is 4.74 Å². The molecule has 0 aromatic rings. The minimum atomic E-state index is 0.706. The lowest BCUT2D eigenvalue weighted by Gasteiger charge is -2.57. The second-order valence-electron chi connectivity index (χ2n) is 46.6. The Bertz CT molecular complexity index is 2440. The van der Waals surface area contributed by atoms with Crippen molar-refractivity contribution in [1.29, 1.82) is 0 Å². The largest absolute Gasteiger partial charge is 0.378 e. The van der Waals surface area contributed by atoms with Crippen molar-refractivity contribution in [3.05, 3.63) is 0 Å². The fourth-order valence-electron chi connectivity index (χ4n) is 29.8. The van der Waals surface area contributed by atoms with Gasteiger partial charge in [-0.2, -0.15) is 0 Å². The van der Waals surface area contributed by atoms with Crippen molar-refractivity contribution in [1.82, 2.24) is 53.9 Å². The van der Waals surface area contributed by atoms with Crippen LogP contribution in [0, 0.1) is 129 Å². The van der Waals surface area contributed by atoms with Gasteiger partial charge < -0.3 is 53.7 Å². The monoisotopic (exact) mass is 1530 g/mol. The number of fused-ring (bicyclic) bond motifs is 16. The number of ether oxygens (including phenoxy) is 1. The Morgan fingerprint density at radius 2 is 0.645 bits per heavy atom. The van der Waals surface area contributed by atoms with Crippen LogP contribution < -0.4 is 0 Å². The summed E-state index contributed by atoms with van der Waals surface area (Å²) in [6, 6.07) is 7.02.